The van der Waals surface area contributed by atoms with E-state index in [1.807, 2.05) is 34.9 Å². The number of nitrogens with zero attached hydrogens (tertiary/aromatic N) is 1. The molecule has 21 heavy (non-hydrogen) atoms. The Morgan fingerprint density at radius 1 is 1.43 bits per heavy atom. The van der Waals surface area contributed by atoms with Crippen molar-refractivity contribution < 1.29 is 14.6 Å². The van der Waals surface area contributed by atoms with Gasteiger partial charge in [0.1, 0.15) is 11.8 Å². The van der Waals surface area contributed by atoms with Crippen LogP contribution in [0.2, 0.25) is 0 Å². The summed E-state index contributed by atoms with van der Waals surface area (Å²) in [5.41, 5.74) is 1.66. The van der Waals surface area contributed by atoms with E-state index < -0.39 is 12.0 Å². The first-order valence-electron chi connectivity index (χ1n) is 6.91. The monoisotopic (exact) mass is 306 g/mol. The number of para-hydroxylation sites is 1. The second kappa shape index (κ2) is 5.99. The van der Waals surface area contributed by atoms with Crippen LogP contribution in [0.15, 0.2) is 24.4 Å². The molecule has 112 valence electrons. The number of fused-ring (bicyclic) bond motifs is 1. The van der Waals surface area contributed by atoms with Gasteiger partial charge in [-0.2, -0.15) is 11.8 Å². The minimum atomic E-state index is -0.800. The molecule has 1 aromatic carbocycles. The minimum absolute atomic E-state index is 0.605. The predicted molar refractivity (Wildman–Crippen MR) is 84.1 cm³/mol. The van der Waals surface area contributed by atoms with Gasteiger partial charge in [0.25, 0.3) is 0 Å². The first-order valence-corrected chi connectivity index (χ1v) is 8.06. The number of carboxylic acid groups (broad SMARTS) is 1. The van der Waals surface area contributed by atoms with E-state index in [-0.39, 0.29) is 0 Å². The fraction of sp³-hybridized carbons (Fsp3) is 0.400. The smallest absolute Gasteiger partial charge is 0.325 e. The van der Waals surface area contributed by atoms with Crippen LogP contribution in [0.3, 0.4) is 0 Å². The fourth-order valence-electron chi connectivity index (χ4n) is 2.87. The van der Waals surface area contributed by atoms with Crippen LogP contribution in [0.5, 0.6) is 5.75 Å². The Morgan fingerprint density at radius 3 is 2.86 bits per heavy atom. The summed E-state index contributed by atoms with van der Waals surface area (Å²) in [4.78, 5) is 17.0. The number of aliphatic carboxylic acids is 1. The number of H-pyrrole nitrogens is 1. The van der Waals surface area contributed by atoms with Crippen molar-refractivity contribution in [1.82, 2.24) is 9.88 Å². The first kappa shape index (κ1) is 14.3. The largest absolute Gasteiger partial charge is 0.495 e. The van der Waals surface area contributed by atoms with Gasteiger partial charge in [0.2, 0.25) is 0 Å². The first-order chi connectivity index (χ1) is 10.2. The van der Waals surface area contributed by atoms with Crippen molar-refractivity contribution in [1.29, 1.82) is 0 Å². The van der Waals surface area contributed by atoms with Crippen molar-refractivity contribution in [2.45, 2.75) is 6.04 Å². The lowest BCUT2D eigenvalue weighted by Gasteiger charge is -2.31. The summed E-state index contributed by atoms with van der Waals surface area (Å²) in [6.07, 6.45) is 1.80. The predicted octanol–water partition coefficient (Wildman–Crippen LogP) is 2.35. The summed E-state index contributed by atoms with van der Waals surface area (Å²) in [6.45, 7) is 1.61. The zero-order chi connectivity index (χ0) is 14.8. The van der Waals surface area contributed by atoms with E-state index in [0.717, 1.165) is 46.8 Å². The van der Waals surface area contributed by atoms with E-state index in [2.05, 4.69) is 4.98 Å². The quantitative estimate of drug-likeness (QED) is 0.908. The highest BCUT2D eigenvalue weighted by Crippen LogP contribution is 2.33. The van der Waals surface area contributed by atoms with Crippen LogP contribution in [0.25, 0.3) is 10.9 Å². The normalized spacial score (nSPS) is 17.8. The van der Waals surface area contributed by atoms with Crippen LogP contribution in [0.1, 0.15) is 11.6 Å². The van der Waals surface area contributed by atoms with Crippen LogP contribution in [-0.4, -0.2) is 52.7 Å². The second-order valence-corrected chi connectivity index (χ2v) is 6.24. The molecule has 1 aromatic heterocycles. The molecule has 1 atom stereocenters. The average Bonchev–Trinajstić information content (AvgIpc) is 2.92. The van der Waals surface area contributed by atoms with Crippen LogP contribution >= 0.6 is 11.8 Å². The van der Waals surface area contributed by atoms with Crippen LogP contribution < -0.4 is 4.74 Å². The van der Waals surface area contributed by atoms with Crippen molar-refractivity contribution in [3.05, 3.63) is 30.0 Å². The maximum atomic E-state index is 11.8. The summed E-state index contributed by atoms with van der Waals surface area (Å²) < 4.78 is 5.33. The Morgan fingerprint density at radius 2 is 2.19 bits per heavy atom. The van der Waals surface area contributed by atoms with Gasteiger partial charge in [-0.05, 0) is 6.07 Å². The number of aromatic amines is 1. The summed E-state index contributed by atoms with van der Waals surface area (Å²) in [7, 11) is 1.62. The molecule has 0 amide bonds. The van der Waals surface area contributed by atoms with E-state index in [1.54, 1.807) is 13.3 Å². The van der Waals surface area contributed by atoms with Crippen LogP contribution in [0, 0.1) is 0 Å². The summed E-state index contributed by atoms with van der Waals surface area (Å²) in [5, 5.41) is 10.6. The molecule has 3 rings (SSSR count). The maximum Gasteiger partial charge on any atom is 0.325 e. The Bertz CT molecular complexity index is 649. The molecule has 1 fully saturated rings. The lowest BCUT2D eigenvalue weighted by molar-refractivity contribution is -0.143. The summed E-state index contributed by atoms with van der Waals surface area (Å²) >= 11 is 1.87. The number of methoxy groups -OCH3 is 1. The van der Waals surface area contributed by atoms with Gasteiger partial charge in [-0.25, -0.2) is 0 Å². The number of rotatable bonds is 4. The molecule has 1 aliphatic rings. The van der Waals surface area contributed by atoms with Crippen LogP contribution in [-0.2, 0) is 4.79 Å². The molecule has 2 heterocycles. The molecule has 0 radical (unpaired) electrons. The number of carbonyl (C=O) groups is 1. The molecule has 0 bridgehead atoms. The number of hydrogen-bond acceptors (Lipinski definition) is 4. The van der Waals surface area contributed by atoms with E-state index in [9.17, 15) is 9.90 Å². The van der Waals surface area contributed by atoms with E-state index >= 15 is 0 Å². The lowest BCUT2D eigenvalue weighted by Crippen LogP contribution is -2.39. The van der Waals surface area contributed by atoms with Crippen molar-refractivity contribution >= 4 is 28.6 Å². The third kappa shape index (κ3) is 2.61. The molecule has 6 heteroatoms. The molecule has 1 aliphatic heterocycles. The molecule has 0 saturated carbocycles. The number of carboxylic acids is 1. The highest BCUT2D eigenvalue weighted by atomic mass is 32.2. The third-order valence-corrected chi connectivity index (χ3v) is 4.81. The highest BCUT2D eigenvalue weighted by Gasteiger charge is 2.30. The molecular weight excluding hydrogens is 288 g/mol. The average molecular weight is 306 g/mol. The number of aromatic nitrogens is 1. The number of nitrogens with one attached hydrogen (secondary N) is 1. The third-order valence-electron chi connectivity index (χ3n) is 3.87. The molecule has 2 aromatic rings. The summed E-state index contributed by atoms with van der Waals surface area (Å²) in [6, 6.07) is 5.10. The molecule has 0 aliphatic carbocycles. The van der Waals surface area contributed by atoms with Gasteiger partial charge in [-0.1, -0.05) is 12.1 Å². The zero-order valence-corrected chi connectivity index (χ0v) is 12.7. The molecule has 2 N–H and O–H groups in total. The Labute approximate surface area is 127 Å². The molecule has 0 spiro atoms. The van der Waals surface area contributed by atoms with Crippen molar-refractivity contribution in [2.75, 3.05) is 31.7 Å². The molecule has 1 saturated heterocycles. The standard InChI is InChI=1S/C15H18N2O3S/c1-20-12-4-2-3-10-11(9-16-13(10)12)14(15(18)19)17-5-7-21-8-6-17/h2-4,9,14,16H,5-8H2,1H3,(H,18,19)/t14-/m0/s1. The van der Waals surface area contributed by atoms with Gasteiger partial charge in [0.05, 0.1) is 12.6 Å². The second-order valence-electron chi connectivity index (χ2n) is 5.02. The van der Waals surface area contributed by atoms with Gasteiger partial charge < -0.3 is 14.8 Å². The molecule has 5 nitrogen and oxygen atoms in total. The topological polar surface area (TPSA) is 65.6 Å². The van der Waals surface area contributed by atoms with E-state index in [0.29, 0.717) is 0 Å². The van der Waals surface area contributed by atoms with Crippen molar-refractivity contribution in [2.24, 2.45) is 0 Å². The van der Waals surface area contributed by atoms with E-state index in [1.165, 1.54) is 0 Å². The van der Waals surface area contributed by atoms with E-state index in [4.69, 9.17) is 4.74 Å². The van der Waals surface area contributed by atoms with Crippen molar-refractivity contribution in [3.63, 3.8) is 0 Å². The van der Waals surface area contributed by atoms with Crippen LogP contribution in [0.4, 0.5) is 0 Å². The molecule has 0 unspecified atom stereocenters. The maximum absolute atomic E-state index is 11.8. The fourth-order valence-corrected chi connectivity index (χ4v) is 3.80. The minimum Gasteiger partial charge on any atom is -0.495 e. The van der Waals surface area contributed by atoms with Gasteiger partial charge in [0.15, 0.2) is 0 Å². The lowest BCUT2D eigenvalue weighted by atomic mass is 10.0. The van der Waals surface area contributed by atoms with Gasteiger partial charge >= 0.3 is 5.97 Å². The van der Waals surface area contributed by atoms with Gasteiger partial charge in [-0.3, -0.25) is 9.69 Å². The Kier molecular flexibility index (Phi) is 4.07. The number of thioether (sulfide) groups is 1. The Hall–Kier alpha value is -1.66. The molecular formula is C15H18N2O3S. The van der Waals surface area contributed by atoms with Gasteiger partial charge in [-0.15, -0.1) is 0 Å². The Balaban J connectivity index is 2.05. The SMILES string of the molecule is COc1cccc2c([C@@H](C(=O)O)N3CCSCC3)c[nH]c12. The number of hydrogen-bond donors (Lipinski definition) is 2. The zero-order valence-electron chi connectivity index (χ0n) is 11.8. The van der Waals surface area contributed by atoms with Gasteiger partial charge in [0, 0.05) is 41.7 Å². The highest BCUT2D eigenvalue weighted by molar-refractivity contribution is 7.99. The number of benzene rings is 1. The number of ether oxygens (including phenoxy) is 1. The van der Waals surface area contributed by atoms with Crippen molar-refractivity contribution in [3.8, 4) is 5.75 Å². The summed E-state index contributed by atoms with van der Waals surface area (Å²) in [5.74, 6) is 1.90.